The maximum Gasteiger partial charge on any atom is 0.0858 e. The number of likely N-dealkylation sites (N-methyl/N-ethyl adjacent to an activating group) is 1. The second kappa shape index (κ2) is 7.85. The highest BCUT2D eigenvalue weighted by molar-refractivity contribution is 4.99. The molecule has 0 saturated carbocycles. The number of ether oxygens (including phenoxy) is 1. The zero-order valence-electron chi connectivity index (χ0n) is 11.7. The minimum absolute atomic E-state index is 0.309. The van der Waals surface area contributed by atoms with Crippen molar-refractivity contribution in [2.45, 2.75) is 45.3 Å². The molecule has 0 bridgehead atoms. The quantitative estimate of drug-likeness (QED) is 0.689. The summed E-state index contributed by atoms with van der Waals surface area (Å²) in [4.78, 5) is 2.35. The van der Waals surface area contributed by atoms with E-state index in [9.17, 15) is 0 Å². The summed E-state index contributed by atoms with van der Waals surface area (Å²) in [7, 11) is 2.17. The van der Waals surface area contributed by atoms with Crippen LogP contribution < -0.4 is 5.32 Å². The lowest BCUT2D eigenvalue weighted by molar-refractivity contribution is -0.0384. The summed E-state index contributed by atoms with van der Waals surface area (Å²) in [6, 6.07) is 0.421. The average molecular weight is 240 g/mol. The van der Waals surface area contributed by atoms with E-state index in [-0.39, 0.29) is 0 Å². The summed E-state index contributed by atoms with van der Waals surface area (Å²) in [5, 5.41) is 3.61. The van der Waals surface area contributed by atoms with Crippen LogP contribution in [0.2, 0.25) is 0 Å². The van der Waals surface area contributed by atoms with Crippen LogP contribution in [0.3, 0.4) is 0 Å². The Morgan fingerprint density at radius 1 is 1.53 bits per heavy atom. The van der Waals surface area contributed by atoms with E-state index in [4.69, 9.17) is 4.74 Å². The van der Waals surface area contributed by atoms with Crippen molar-refractivity contribution in [3.05, 3.63) is 12.2 Å². The first kappa shape index (κ1) is 14.7. The molecule has 1 rings (SSSR count). The van der Waals surface area contributed by atoms with Crippen LogP contribution in [0.15, 0.2) is 12.2 Å². The van der Waals surface area contributed by atoms with Gasteiger partial charge in [0.15, 0.2) is 0 Å². The maximum absolute atomic E-state index is 5.91. The Morgan fingerprint density at radius 2 is 2.29 bits per heavy atom. The van der Waals surface area contributed by atoms with Gasteiger partial charge < -0.3 is 15.0 Å². The Bertz CT molecular complexity index is 230. The summed E-state index contributed by atoms with van der Waals surface area (Å²) in [6.07, 6.45) is 3.57. The normalized spacial score (nSPS) is 23.6. The molecule has 1 aliphatic heterocycles. The van der Waals surface area contributed by atoms with Crippen molar-refractivity contribution in [2.75, 3.05) is 33.3 Å². The zero-order valence-corrected chi connectivity index (χ0v) is 11.7. The van der Waals surface area contributed by atoms with Crippen molar-refractivity contribution in [2.24, 2.45) is 0 Å². The van der Waals surface area contributed by atoms with Gasteiger partial charge in [0.05, 0.1) is 12.7 Å². The van der Waals surface area contributed by atoms with Crippen molar-refractivity contribution in [3.8, 4) is 0 Å². The highest BCUT2D eigenvalue weighted by Gasteiger charge is 2.26. The smallest absolute Gasteiger partial charge is 0.0858 e. The van der Waals surface area contributed by atoms with Gasteiger partial charge in [0, 0.05) is 19.1 Å². The zero-order chi connectivity index (χ0) is 12.7. The van der Waals surface area contributed by atoms with Crippen molar-refractivity contribution in [1.82, 2.24) is 10.2 Å². The molecule has 0 aromatic carbocycles. The number of morpholine rings is 1. The van der Waals surface area contributed by atoms with E-state index in [1.165, 1.54) is 5.57 Å². The predicted octanol–water partition coefficient (Wildman–Crippen LogP) is 2.04. The Balaban J connectivity index is 2.50. The van der Waals surface area contributed by atoms with Crippen LogP contribution >= 0.6 is 0 Å². The third kappa shape index (κ3) is 5.19. The van der Waals surface area contributed by atoms with E-state index < -0.39 is 0 Å². The fourth-order valence-electron chi connectivity index (χ4n) is 2.17. The van der Waals surface area contributed by atoms with E-state index in [1.807, 2.05) is 0 Å². The number of rotatable bonds is 7. The van der Waals surface area contributed by atoms with Crippen molar-refractivity contribution >= 4 is 0 Å². The summed E-state index contributed by atoms with van der Waals surface area (Å²) < 4.78 is 5.91. The minimum Gasteiger partial charge on any atom is -0.374 e. The lowest BCUT2D eigenvalue weighted by Crippen LogP contribution is -2.51. The van der Waals surface area contributed by atoms with Gasteiger partial charge in [-0.05, 0) is 32.9 Å². The van der Waals surface area contributed by atoms with E-state index in [2.05, 4.69) is 37.7 Å². The molecule has 1 heterocycles. The third-order valence-electron chi connectivity index (χ3n) is 3.41. The Labute approximate surface area is 106 Å². The molecule has 3 heteroatoms. The summed E-state index contributed by atoms with van der Waals surface area (Å²) in [5.41, 5.74) is 1.32. The van der Waals surface area contributed by atoms with Crippen LogP contribution in [0.25, 0.3) is 0 Å². The van der Waals surface area contributed by atoms with Crippen molar-refractivity contribution < 1.29 is 4.74 Å². The highest BCUT2D eigenvalue weighted by Crippen LogP contribution is 2.15. The lowest BCUT2D eigenvalue weighted by atomic mass is 9.99. The molecule has 1 aliphatic rings. The molecular formula is C14H28N2O. The number of nitrogens with one attached hydrogen (secondary N) is 1. The van der Waals surface area contributed by atoms with Gasteiger partial charge >= 0.3 is 0 Å². The van der Waals surface area contributed by atoms with E-state index in [1.54, 1.807) is 0 Å². The van der Waals surface area contributed by atoms with Gasteiger partial charge in [-0.1, -0.05) is 26.0 Å². The van der Waals surface area contributed by atoms with Gasteiger partial charge in [-0.2, -0.15) is 0 Å². The Hall–Kier alpha value is -0.380. The topological polar surface area (TPSA) is 24.5 Å². The van der Waals surface area contributed by atoms with E-state index in [0.717, 1.165) is 45.5 Å². The molecule has 0 aliphatic carbocycles. The summed E-state index contributed by atoms with van der Waals surface area (Å²) >= 11 is 0. The molecule has 100 valence electrons. The minimum atomic E-state index is 0.309. The molecule has 3 nitrogen and oxygen atoms in total. The molecule has 1 N–H and O–H groups in total. The van der Waals surface area contributed by atoms with Gasteiger partial charge in [-0.25, -0.2) is 0 Å². The highest BCUT2D eigenvalue weighted by atomic mass is 16.5. The summed E-state index contributed by atoms with van der Waals surface area (Å²) in [5.74, 6) is 0. The second-order valence-corrected chi connectivity index (χ2v) is 5.04. The molecule has 0 amide bonds. The van der Waals surface area contributed by atoms with Gasteiger partial charge in [0.1, 0.15) is 0 Å². The maximum atomic E-state index is 5.91. The second-order valence-electron chi connectivity index (χ2n) is 5.04. The Kier molecular flexibility index (Phi) is 6.78. The largest absolute Gasteiger partial charge is 0.374 e. The fraction of sp³-hybridized carbons (Fsp3) is 0.857. The first-order chi connectivity index (χ1) is 8.17. The van der Waals surface area contributed by atoms with Crippen LogP contribution in [-0.2, 0) is 4.74 Å². The van der Waals surface area contributed by atoms with Gasteiger partial charge in [-0.3, -0.25) is 0 Å². The van der Waals surface area contributed by atoms with Gasteiger partial charge in [0.2, 0.25) is 0 Å². The monoisotopic (exact) mass is 240 g/mol. The van der Waals surface area contributed by atoms with Crippen molar-refractivity contribution in [3.63, 3.8) is 0 Å². The molecule has 0 radical (unpaired) electrons. The van der Waals surface area contributed by atoms with Crippen LogP contribution in [0.4, 0.5) is 0 Å². The van der Waals surface area contributed by atoms with Gasteiger partial charge in [-0.15, -0.1) is 0 Å². The molecule has 17 heavy (non-hydrogen) atoms. The molecule has 0 aromatic rings. The number of nitrogens with zero attached hydrogens (tertiary/aromatic N) is 1. The number of hydrogen-bond donors (Lipinski definition) is 1. The molecule has 0 aromatic heterocycles. The molecule has 1 saturated heterocycles. The van der Waals surface area contributed by atoms with Crippen LogP contribution in [-0.4, -0.2) is 50.3 Å². The predicted molar refractivity (Wildman–Crippen MR) is 73.4 cm³/mol. The molecule has 0 spiro atoms. The van der Waals surface area contributed by atoms with Crippen LogP contribution in [0, 0.1) is 0 Å². The number of hydrogen-bond acceptors (Lipinski definition) is 3. The standard InChI is InChI=1S/C14H28N2O/c1-5-7-15-13(10-12(3)6-2)14-11-16(4)8-9-17-14/h13-15H,3,5-11H2,1-2,4H3. The van der Waals surface area contributed by atoms with Crippen LogP contribution in [0.5, 0.6) is 0 Å². The molecule has 2 unspecified atom stereocenters. The summed E-state index contributed by atoms with van der Waals surface area (Å²) in [6.45, 7) is 12.5. The van der Waals surface area contributed by atoms with E-state index in [0.29, 0.717) is 12.1 Å². The first-order valence-corrected chi connectivity index (χ1v) is 6.87. The average Bonchev–Trinajstić information content (AvgIpc) is 2.34. The molecule has 2 atom stereocenters. The first-order valence-electron chi connectivity index (χ1n) is 6.87. The Morgan fingerprint density at radius 3 is 2.88 bits per heavy atom. The van der Waals surface area contributed by atoms with E-state index >= 15 is 0 Å². The van der Waals surface area contributed by atoms with Crippen molar-refractivity contribution in [1.29, 1.82) is 0 Å². The SMILES string of the molecule is C=C(CC)CC(NCCC)C1CN(C)CCO1. The van der Waals surface area contributed by atoms with Gasteiger partial charge in [0.25, 0.3) is 0 Å². The molecule has 1 fully saturated rings. The lowest BCUT2D eigenvalue weighted by Gasteiger charge is -2.36. The fourth-order valence-corrected chi connectivity index (χ4v) is 2.17. The molecular weight excluding hydrogens is 212 g/mol. The third-order valence-corrected chi connectivity index (χ3v) is 3.41. The van der Waals surface area contributed by atoms with Crippen LogP contribution in [0.1, 0.15) is 33.1 Å².